The van der Waals surface area contributed by atoms with E-state index in [4.69, 9.17) is 9.15 Å². The van der Waals surface area contributed by atoms with E-state index in [1.807, 2.05) is 4.57 Å². The highest BCUT2D eigenvalue weighted by molar-refractivity contribution is 5.17. The monoisotopic (exact) mass is 316 g/mol. The van der Waals surface area contributed by atoms with Gasteiger partial charge in [-0.25, -0.2) is 0 Å². The fourth-order valence-electron chi connectivity index (χ4n) is 3.38. The lowest BCUT2D eigenvalue weighted by Gasteiger charge is -2.31. The average Bonchev–Trinajstić information content (AvgIpc) is 2.97. The van der Waals surface area contributed by atoms with Gasteiger partial charge in [0.05, 0.1) is 13.2 Å². The Morgan fingerprint density at radius 1 is 1.35 bits per heavy atom. The van der Waals surface area contributed by atoms with Gasteiger partial charge in [0.25, 0.3) is 0 Å². The van der Waals surface area contributed by atoms with Crippen molar-refractivity contribution in [1.82, 2.24) is 19.7 Å². The van der Waals surface area contributed by atoms with Crippen LogP contribution in [0.15, 0.2) is 22.9 Å². The van der Waals surface area contributed by atoms with E-state index in [9.17, 15) is 0 Å². The molecule has 2 aromatic heterocycles. The van der Waals surface area contributed by atoms with Crippen molar-refractivity contribution in [1.29, 1.82) is 0 Å². The first-order valence-corrected chi connectivity index (χ1v) is 8.55. The molecule has 0 spiro atoms. The number of rotatable bonds is 5. The molecule has 6 heteroatoms. The minimum absolute atomic E-state index is 0.0101. The number of hydrogen-bond acceptors (Lipinski definition) is 5. The van der Waals surface area contributed by atoms with Crippen LogP contribution in [0.1, 0.15) is 49.6 Å². The molecule has 0 unspecified atom stereocenters. The summed E-state index contributed by atoms with van der Waals surface area (Å²) in [7, 11) is 0. The first-order valence-electron chi connectivity index (χ1n) is 8.55. The van der Waals surface area contributed by atoms with E-state index in [-0.39, 0.29) is 6.10 Å². The van der Waals surface area contributed by atoms with Crippen molar-refractivity contribution in [2.45, 2.75) is 45.4 Å². The maximum absolute atomic E-state index is 6.04. The van der Waals surface area contributed by atoms with Gasteiger partial charge in [0.1, 0.15) is 24.0 Å². The summed E-state index contributed by atoms with van der Waals surface area (Å²) >= 11 is 0. The van der Waals surface area contributed by atoms with Gasteiger partial charge < -0.3 is 13.7 Å². The van der Waals surface area contributed by atoms with Crippen molar-refractivity contribution < 1.29 is 9.15 Å². The van der Waals surface area contributed by atoms with Gasteiger partial charge in [0, 0.05) is 25.6 Å². The Balaban J connectivity index is 1.40. The number of hydrogen-bond donors (Lipinski definition) is 0. The largest absolute Gasteiger partial charge is 0.464 e. The quantitative estimate of drug-likeness (QED) is 0.848. The standard InChI is InChI=1S/C17H24N4O2/c1-3-21-11-18-19-17(21)16-10-20(6-7-22-16)9-13-4-5-15(23-13)14-8-12(14)2/h4-5,11-12,14,16H,3,6-10H2,1-2H3/t12-,14-,16+/m1/s1. The molecule has 0 radical (unpaired) electrons. The van der Waals surface area contributed by atoms with Crippen molar-refractivity contribution in [3.8, 4) is 0 Å². The lowest BCUT2D eigenvalue weighted by Crippen LogP contribution is -2.38. The van der Waals surface area contributed by atoms with Crippen LogP contribution < -0.4 is 0 Å². The number of aromatic nitrogens is 3. The smallest absolute Gasteiger partial charge is 0.163 e. The number of ether oxygens (including phenoxy) is 1. The molecule has 0 N–H and O–H groups in total. The van der Waals surface area contributed by atoms with Gasteiger partial charge in [0.2, 0.25) is 0 Å². The summed E-state index contributed by atoms with van der Waals surface area (Å²) in [5.74, 6) is 4.55. The lowest BCUT2D eigenvalue weighted by atomic mass is 10.2. The van der Waals surface area contributed by atoms with Gasteiger partial charge in [-0.15, -0.1) is 10.2 Å². The van der Waals surface area contributed by atoms with Crippen LogP contribution in [0.2, 0.25) is 0 Å². The minimum atomic E-state index is -0.0101. The molecule has 1 saturated heterocycles. The van der Waals surface area contributed by atoms with Crippen molar-refractivity contribution in [3.63, 3.8) is 0 Å². The zero-order valence-corrected chi connectivity index (χ0v) is 13.8. The Bertz CT molecular complexity index is 665. The van der Waals surface area contributed by atoms with Gasteiger partial charge in [-0.2, -0.15) is 0 Å². The lowest BCUT2D eigenvalue weighted by molar-refractivity contribution is -0.0406. The molecule has 2 aliphatic rings. The molecule has 1 aliphatic carbocycles. The maximum atomic E-state index is 6.04. The van der Waals surface area contributed by atoms with Crippen molar-refractivity contribution in [2.24, 2.45) is 5.92 Å². The van der Waals surface area contributed by atoms with Crippen LogP contribution in [0.5, 0.6) is 0 Å². The maximum Gasteiger partial charge on any atom is 0.163 e. The second-order valence-electron chi connectivity index (χ2n) is 6.69. The van der Waals surface area contributed by atoms with Crippen molar-refractivity contribution >= 4 is 0 Å². The predicted molar refractivity (Wildman–Crippen MR) is 84.9 cm³/mol. The van der Waals surface area contributed by atoms with E-state index in [1.54, 1.807) is 6.33 Å². The molecule has 4 rings (SSSR count). The normalized spacial score (nSPS) is 28.2. The van der Waals surface area contributed by atoms with Crippen LogP contribution in [-0.2, 0) is 17.8 Å². The topological polar surface area (TPSA) is 56.3 Å². The molecule has 2 fully saturated rings. The number of aryl methyl sites for hydroxylation is 1. The summed E-state index contributed by atoms with van der Waals surface area (Å²) in [5.41, 5.74) is 0. The molecule has 0 aromatic carbocycles. The molecular weight excluding hydrogens is 292 g/mol. The minimum Gasteiger partial charge on any atom is -0.464 e. The Morgan fingerprint density at radius 2 is 2.22 bits per heavy atom. The Kier molecular flexibility index (Phi) is 3.95. The zero-order chi connectivity index (χ0) is 15.8. The third-order valence-corrected chi connectivity index (χ3v) is 4.96. The average molecular weight is 316 g/mol. The summed E-state index contributed by atoms with van der Waals surface area (Å²) < 4.78 is 14.0. The third-order valence-electron chi connectivity index (χ3n) is 4.96. The number of nitrogens with zero attached hydrogens (tertiary/aromatic N) is 4. The highest BCUT2D eigenvalue weighted by Gasteiger charge is 2.36. The van der Waals surface area contributed by atoms with Crippen molar-refractivity contribution in [3.05, 3.63) is 35.8 Å². The Labute approximate surface area is 136 Å². The highest BCUT2D eigenvalue weighted by atomic mass is 16.5. The van der Waals surface area contributed by atoms with Gasteiger partial charge in [-0.1, -0.05) is 6.92 Å². The van der Waals surface area contributed by atoms with E-state index in [0.717, 1.165) is 49.4 Å². The molecule has 23 heavy (non-hydrogen) atoms. The summed E-state index contributed by atoms with van der Waals surface area (Å²) in [6.07, 6.45) is 3.02. The summed E-state index contributed by atoms with van der Waals surface area (Å²) in [5, 5.41) is 8.24. The Hall–Kier alpha value is -1.66. The van der Waals surface area contributed by atoms with Crippen LogP contribution in [0.25, 0.3) is 0 Å². The van der Waals surface area contributed by atoms with Gasteiger partial charge in [-0.05, 0) is 31.4 Å². The number of morpholine rings is 1. The summed E-state index contributed by atoms with van der Waals surface area (Å²) in [6, 6.07) is 4.27. The van der Waals surface area contributed by atoms with E-state index in [0.29, 0.717) is 12.5 Å². The van der Waals surface area contributed by atoms with Crippen LogP contribution in [0.3, 0.4) is 0 Å². The van der Waals surface area contributed by atoms with E-state index in [2.05, 4.69) is 41.1 Å². The summed E-state index contributed by atoms with van der Waals surface area (Å²) in [4.78, 5) is 2.38. The fourth-order valence-corrected chi connectivity index (χ4v) is 3.38. The molecule has 2 aromatic rings. The Morgan fingerprint density at radius 3 is 3.00 bits per heavy atom. The number of furan rings is 1. The zero-order valence-electron chi connectivity index (χ0n) is 13.8. The third kappa shape index (κ3) is 3.05. The van der Waals surface area contributed by atoms with Gasteiger partial charge in [-0.3, -0.25) is 4.90 Å². The predicted octanol–water partition coefficient (Wildman–Crippen LogP) is 2.59. The second-order valence-corrected chi connectivity index (χ2v) is 6.69. The molecule has 124 valence electrons. The molecular formula is C17H24N4O2. The van der Waals surface area contributed by atoms with Crippen LogP contribution >= 0.6 is 0 Å². The fraction of sp³-hybridized carbons (Fsp3) is 0.647. The molecule has 1 saturated carbocycles. The van der Waals surface area contributed by atoms with E-state index < -0.39 is 0 Å². The molecule has 0 amide bonds. The highest BCUT2D eigenvalue weighted by Crippen LogP contribution is 2.47. The molecule has 3 atom stereocenters. The van der Waals surface area contributed by atoms with E-state index in [1.165, 1.54) is 6.42 Å². The van der Waals surface area contributed by atoms with Gasteiger partial charge in [0.15, 0.2) is 5.82 Å². The first kappa shape index (κ1) is 14.9. The SMILES string of the molecule is CCn1cnnc1[C@@H]1CN(Cc2ccc([C@@H]3C[C@H]3C)o2)CCO1. The van der Waals surface area contributed by atoms with E-state index >= 15 is 0 Å². The van der Waals surface area contributed by atoms with Crippen molar-refractivity contribution in [2.75, 3.05) is 19.7 Å². The molecule has 0 bridgehead atoms. The molecule has 6 nitrogen and oxygen atoms in total. The van der Waals surface area contributed by atoms with Crippen LogP contribution in [-0.4, -0.2) is 39.4 Å². The van der Waals surface area contributed by atoms with Crippen LogP contribution in [0.4, 0.5) is 0 Å². The molecule has 3 heterocycles. The second kappa shape index (κ2) is 6.09. The summed E-state index contributed by atoms with van der Waals surface area (Å²) in [6.45, 7) is 8.54. The van der Waals surface area contributed by atoms with Crippen LogP contribution in [0, 0.1) is 5.92 Å². The van der Waals surface area contributed by atoms with Gasteiger partial charge >= 0.3 is 0 Å². The molecule has 1 aliphatic heterocycles. The first-order chi connectivity index (χ1) is 11.2.